The van der Waals surface area contributed by atoms with Crippen LogP contribution < -0.4 is 16.4 Å². The Balaban J connectivity index is 1.93. The van der Waals surface area contributed by atoms with Crippen molar-refractivity contribution in [2.75, 3.05) is 5.75 Å². The molecule has 0 saturated carbocycles. The number of rotatable bonds is 6. The maximum absolute atomic E-state index is 3.20. The van der Waals surface area contributed by atoms with Gasteiger partial charge in [0, 0.05) is 6.04 Å². The fraction of sp³-hybridized carbons (Fsp3) is 1.00. The van der Waals surface area contributed by atoms with E-state index in [1.807, 2.05) is 11.8 Å². The highest BCUT2D eigenvalue weighted by atomic mass is 32.2. The minimum Gasteiger partial charge on any atom is -0.239 e. The van der Waals surface area contributed by atoms with Crippen LogP contribution in [0.25, 0.3) is 0 Å². The van der Waals surface area contributed by atoms with E-state index in [4.69, 9.17) is 0 Å². The van der Waals surface area contributed by atoms with Crippen LogP contribution >= 0.6 is 11.8 Å². The van der Waals surface area contributed by atoms with Crippen LogP contribution in [0.3, 0.4) is 0 Å². The summed E-state index contributed by atoms with van der Waals surface area (Å²) in [4.78, 5) is 0. The molecule has 0 aromatic rings. The second kappa shape index (κ2) is 6.65. The minimum atomic E-state index is 0.524. The Labute approximate surface area is 85.4 Å². The van der Waals surface area contributed by atoms with Gasteiger partial charge in [-0.2, -0.15) is 5.53 Å². The number of nitrogens with one attached hydrogen (secondary N) is 3. The van der Waals surface area contributed by atoms with E-state index in [0.717, 1.165) is 0 Å². The SMILES string of the molecule is CCCCCCSC1NNN[C@@H]1C. The van der Waals surface area contributed by atoms with Gasteiger partial charge in [0.25, 0.3) is 0 Å². The maximum Gasteiger partial charge on any atom is 0.0843 e. The number of thioether (sulfide) groups is 1. The third-order valence-electron chi connectivity index (χ3n) is 2.26. The predicted octanol–water partition coefficient (Wildman–Crippen LogP) is 1.63. The van der Waals surface area contributed by atoms with Crippen molar-refractivity contribution in [3.63, 3.8) is 0 Å². The average Bonchev–Trinajstić information content (AvgIpc) is 2.52. The van der Waals surface area contributed by atoms with E-state index in [1.165, 1.54) is 31.4 Å². The van der Waals surface area contributed by atoms with Crippen LogP contribution in [0.5, 0.6) is 0 Å². The largest absolute Gasteiger partial charge is 0.239 e. The smallest absolute Gasteiger partial charge is 0.0843 e. The van der Waals surface area contributed by atoms with Gasteiger partial charge in [0.1, 0.15) is 0 Å². The lowest BCUT2D eigenvalue weighted by Crippen LogP contribution is -2.32. The summed E-state index contributed by atoms with van der Waals surface area (Å²) in [5, 5.41) is 0.529. The molecule has 1 aliphatic rings. The Hall–Kier alpha value is 0.230. The third kappa shape index (κ3) is 4.31. The van der Waals surface area contributed by atoms with Crippen molar-refractivity contribution in [2.24, 2.45) is 0 Å². The summed E-state index contributed by atoms with van der Waals surface area (Å²) < 4.78 is 0. The van der Waals surface area contributed by atoms with E-state index in [9.17, 15) is 0 Å². The lowest BCUT2D eigenvalue weighted by molar-refractivity contribution is 0.561. The van der Waals surface area contributed by atoms with E-state index in [-0.39, 0.29) is 0 Å². The first-order valence-electron chi connectivity index (χ1n) is 5.22. The quantitative estimate of drug-likeness (QED) is 0.573. The summed E-state index contributed by atoms with van der Waals surface area (Å²) in [5.74, 6) is 1.27. The minimum absolute atomic E-state index is 0.524. The van der Waals surface area contributed by atoms with Gasteiger partial charge in [-0.25, -0.2) is 10.9 Å². The van der Waals surface area contributed by atoms with Crippen molar-refractivity contribution < 1.29 is 0 Å². The van der Waals surface area contributed by atoms with Crippen LogP contribution in [0.2, 0.25) is 0 Å². The summed E-state index contributed by atoms with van der Waals surface area (Å²) in [6.07, 6.45) is 5.44. The van der Waals surface area contributed by atoms with Gasteiger partial charge in [0.2, 0.25) is 0 Å². The molecule has 0 aromatic heterocycles. The summed E-state index contributed by atoms with van der Waals surface area (Å²) in [7, 11) is 0. The van der Waals surface area contributed by atoms with Gasteiger partial charge in [-0.05, 0) is 19.1 Å². The Bertz CT molecular complexity index is 132. The molecule has 4 heteroatoms. The second-order valence-electron chi connectivity index (χ2n) is 3.55. The molecular weight excluding hydrogens is 182 g/mol. The molecule has 1 saturated heterocycles. The van der Waals surface area contributed by atoms with E-state index < -0.39 is 0 Å². The standard InChI is InChI=1S/C9H21N3S/c1-3-4-5-6-7-13-9-8(2)10-12-11-9/h8-12H,3-7H2,1-2H3/t8-,9?/m1/s1. The van der Waals surface area contributed by atoms with E-state index in [0.29, 0.717) is 11.4 Å². The Morgan fingerprint density at radius 3 is 2.62 bits per heavy atom. The summed E-state index contributed by atoms with van der Waals surface area (Å²) in [6.45, 7) is 4.44. The van der Waals surface area contributed by atoms with Gasteiger partial charge in [-0.3, -0.25) is 0 Å². The van der Waals surface area contributed by atoms with Crippen molar-refractivity contribution in [1.29, 1.82) is 0 Å². The normalized spacial score (nSPS) is 28.2. The lowest BCUT2D eigenvalue weighted by atomic mass is 10.2. The van der Waals surface area contributed by atoms with Gasteiger partial charge in [-0.1, -0.05) is 26.2 Å². The Kier molecular flexibility index (Phi) is 5.78. The average molecular weight is 203 g/mol. The van der Waals surface area contributed by atoms with Gasteiger partial charge >= 0.3 is 0 Å². The second-order valence-corrected chi connectivity index (χ2v) is 4.80. The molecule has 1 rings (SSSR count). The third-order valence-corrected chi connectivity index (χ3v) is 3.67. The van der Waals surface area contributed by atoms with Crippen LogP contribution in [0.1, 0.15) is 39.5 Å². The first kappa shape index (κ1) is 11.3. The van der Waals surface area contributed by atoms with Gasteiger partial charge in [-0.15, -0.1) is 11.8 Å². The van der Waals surface area contributed by atoms with Crippen LogP contribution in [-0.2, 0) is 0 Å². The molecule has 13 heavy (non-hydrogen) atoms. The molecule has 1 aliphatic heterocycles. The first-order valence-corrected chi connectivity index (χ1v) is 6.27. The fourth-order valence-electron chi connectivity index (χ4n) is 1.35. The molecule has 1 fully saturated rings. The molecule has 2 atom stereocenters. The number of hydrazine groups is 2. The molecule has 3 nitrogen and oxygen atoms in total. The van der Waals surface area contributed by atoms with Crippen molar-refractivity contribution in [1.82, 2.24) is 16.4 Å². The highest BCUT2D eigenvalue weighted by molar-refractivity contribution is 7.99. The zero-order valence-corrected chi connectivity index (χ0v) is 9.41. The molecule has 78 valence electrons. The molecule has 0 spiro atoms. The molecule has 0 radical (unpaired) electrons. The van der Waals surface area contributed by atoms with Gasteiger partial charge in [0.05, 0.1) is 5.37 Å². The molecular formula is C9H21N3S. The van der Waals surface area contributed by atoms with Crippen molar-refractivity contribution in [3.8, 4) is 0 Å². The lowest BCUT2D eigenvalue weighted by Gasteiger charge is -2.12. The fourth-order valence-corrected chi connectivity index (χ4v) is 2.48. The monoisotopic (exact) mass is 203 g/mol. The van der Waals surface area contributed by atoms with E-state index in [1.54, 1.807) is 0 Å². The van der Waals surface area contributed by atoms with Crippen LogP contribution in [0.15, 0.2) is 0 Å². The molecule has 0 bridgehead atoms. The Morgan fingerprint density at radius 1 is 1.15 bits per heavy atom. The zero-order chi connectivity index (χ0) is 9.52. The van der Waals surface area contributed by atoms with E-state index >= 15 is 0 Å². The molecule has 0 aliphatic carbocycles. The molecule has 3 N–H and O–H groups in total. The van der Waals surface area contributed by atoms with Crippen molar-refractivity contribution in [2.45, 2.75) is 50.9 Å². The highest BCUT2D eigenvalue weighted by Gasteiger charge is 2.21. The molecule has 0 amide bonds. The van der Waals surface area contributed by atoms with Crippen molar-refractivity contribution in [3.05, 3.63) is 0 Å². The van der Waals surface area contributed by atoms with Crippen LogP contribution in [0.4, 0.5) is 0 Å². The number of hydrogen-bond donors (Lipinski definition) is 3. The van der Waals surface area contributed by atoms with Gasteiger partial charge in [0.15, 0.2) is 0 Å². The summed E-state index contributed by atoms with van der Waals surface area (Å²) in [5.41, 5.74) is 9.29. The summed E-state index contributed by atoms with van der Waals surface area (Å²) in [6, 6.07) is 0.524. The van der Waals surface area contributed by atoms with Crippen LogP contribution in [-0.4, -0.2) is 17.2 Å². The first-order chi connectivity index (χ1) is 6.34. The zero-order valence-electron chi connectivity index (χ0n) is 8.60. The van der Waals surface area contributed by atoms with Gasteiger partial charge < -0.3 is 0 Å². The van der Waals surface area contributed by atoms with Crippen LogP contribution in [0, 0.1) is 0 Å². The highest BCUT2D eigenvalue weighted by Crippen LogP contribution is 2.16. The van der Waals surface area contributed by atoms with E-state index in [2.05, 4.69) is 30.2 Å². The molecule has 1 heterocycles. The molecule has 0 aromatic carbocycles. The predicted molar refractivity (Wildman–Crippen MR) is 59.3 cm³/mol. The molecule has 1 unspecified atom stereocenters. The number of hydrogen-bond acceptors (Lipinski definition) is 4. The number of unbranched alkanes of at least 4 members (excludes halogenated alkanes) is 3. The summed E-state index contributed by atoms with van der Waals surface area (Å²) >= 11 is 2.01. The Morgan fingerprint density at radius 2 is 2.00 bits per heavy atom. The maximum atomic E-state index is 3.20. The van der Waals surface area contributed by atoms with Crippen molar-refractivity contribution >= 4 is 11.8 Å². The topological polar surface area (TPSA) is 36.1 Å².